The number of aliphatic hydroxyl groups excluding tert-OH is 1. The van der Waals surface area contributed by atoms with Crippen molar-refractivity contribution in [3.63, 3.8) is 0 Å². The van der Waals surface area contributed by atoms with Gasteiger partial charge in [0.2, 0.25) is 0 Å². The van der Waals surface area contributed by atoms with E-state index in [-0.39, 0.29) is 24.5 Å². The van der Waals surface area contributed by atoms with Gasteiger partial charge in [-0.15, -0.1) is 0 Å². The van der Waals surface area contributed by atoms with Crippen molar-refractivity contribution in [3.05, 3.63) is 36.0 Å². The molecule has 2 N–H and O–H groups in total. The summed E-state index contributed by atoms with van der Waals surface area (Å²) >= 11 is 1.55. The van der Waals surface area contributed by atoms with Gasteiger partial charge >= 0.3 is 0 Å². The van der Waals surface area contributed by atoms with Crippen molar-refractivity contribution >= 4 is 17.7 Å². The van der Waals surface area contributed by atoms with Crippen LogP contribution in [0.5, 0.6) is 0 Å². The molecular weight excluding hydrogens is 314 g/mol. The quantitative estimate of drug-likeness (QED) is 0.723. The number of aliphatic hydroxyl groups is 1. The Balaban J connectivity index is 1.92. The first-order valence-corrected chi connectivity index (χ1v) is 8.60. The smallest absolute Gasteiger partial charge is 0.287 e. The Morgan fingerprint density at radius 3 is 2.87 bits per heavy atom. The molecule has 2 aromatic rings. The minimum atomic E-state index is -0.245. The third-order valence-corrected chi connectivity index (χ3v) is 4.65. The largest absolute Gasteiger partial charge is 0.455 e. The molecule has 0 aliphatic rings. The topological polar surface area (TPSA) is 80.3 Å². The van der Waals surface area contributed by atoms with Gasteiger partial charge in [0, 0.05) is 32.1 Å². The molecule has 0 aliphatic carbocycles. The van der Waals surface area contributed by atoms with E-state index >= 15 is 0 Å². The number of imidazole rings is 1. The normalized spacial score (nSPS) is 12.6. The summed E-state index contributed by atoms with van der Waals surface area (Å²) in [5.74, 6) is 1.64. The number of rotatable bonds is 8. The number of amides is 1. The van der Waals surface area contributed by atoms with Crippen LogP contribution in [-0.2, 0) is 12.8 Å². The van der Waals surface area contributed by atoms with E-state index < -0.39 is 0 Å². The molecule has 0 fully saturated rings. The third kappa shape index (κ3) is 4.87. The van der Waals surface area contributed by atoms with Gasteiger partial charge in [0.05, 0.1) is 5.75 Å². The summed E-state index contributed by atoms with van der Waals surface area (Å²) in [6.45, 7) is 4.07. The molecule has 1 unspecified atom stereocenters. The Morgan fingerprint density at radius 2 is 2.26 bits per heavy atom. The van der Waals surface area contributed by atoms with E-state index in [9.17, 15) is 4.79 Å². The average molecular weight is 337 g/mol. The first kappa shape index (κ1) is 17.6. The summed E-state index contributed by atoms with van der Waals surface area (Å²) in [6, 6.07) is 3.42. The molecule has 0 saturated carbocycles. The highest BCUT2D eigenvalue weighted by atomic mass is 32.2. The number of hydrogen-bond acceptors (Lipinski definition) is 5. The van der Waals surface area contributed by atoms with E-state index in [1.807, 2.05) is 31.7 Å². The number of carbonyl (C=O) groups is 1. The van der Waals surface area contributed by atoms with E-state index in [1.54, 1.807) is 30.1 Å². The van der Waals surface area contributed by atoms with Crippen LogP contribution in [0.25, 0.3) is 0 Å². The van der Waals surface area contributed by atoms with Gasteiger partial charge in [-0.1, -0.05) is 25.6 Å². The fourth-order valence-corrected chi connectivity index (χ4v) is 2.98. The predicted molar refractivity (Wildman–Crippen MR) is 89.3 cm³/mol. The number of furan rings is 1. The fourth-order valence-electron chi connectivity index (χ4n) is 2.15. The molecule has 0 aromatic carbocycles. The zero-order valence-electron chi connectivity index (χ0n) is 13.7. The molecule has 6 nitrogen and oxygen atoms in total. The van der Waals surface area contributed by atoms with Crippen LogP contribution < -0.4 is 5.32 Å². The van der Waals surface area contributed by atoms with E-state index in [1.165, 1.54) is 0 Å². The predicted octanol–water partition coefficient (Wildman–Crippen LogP) is 2.44. The van der Waals surface area contributed by atoms with Crippen molar-refractivity contribution in [2.75, 3.05) is 6.61 Å². The third-order valence-electron chi connectivity index (χ3n) is 3.57. The molecule has 126 valence electrons. The molecule has 2 rings (SSSR count). The number of nitrogens with one attached hydrogen (secondary N) is 1. The molecule has 7 heteroatoms. The van der Waals surface area contributed by atoms with Gasteiger partial charge in [0.15, 0.2) is 10.9 Å². The maximum absolute atomic E-state index is 12.2. The molecule has 0 spiro atoms. The number of thioether (sulfide) groups is 1. The highest BCUT2D eigenvalue weighted by Gasteiger charge is 2.19. The fraction of sp³-hybridized carbons (Fsp3) is 0.500. The molecule has 1 amide bonds. The molecule has 2 heterocycles. The number of hydrogen-bond donors (Lipinski definition) is 2. The van der Waals surface area contributed by atoms with Gasteiger partial charge < -0.3 is 19.4 Å². The van der Waals surface area contributed by atoms with Crippen LogP contribution in [-0.4, -0.2) is 33.2 Å². The van der Waals surface area contributed by atoms with Gasteiger partial charge in [0.25, 0.3) is 5.91 Å². The van der Waals surface area contributed by atoms with Crippen LogP contribution in [0.15, 0.2) is 34.1 Å². The van der Waals surface area contributed by atoms with Crippen molar-refractivity contribution in [1.82, 2.24) is 14.9 Å². The van der Waals surface area contributed by atoms with Crippen LogP contribution in [0, 0.1) is 5.92 Å². The second kappa shape index (κ2) is 8.21. The lowest BCUT2D eigenvalue weighted by Gasteiger charge is -2.20. The molecule has 23 heavy (non-hydrogen) atoms. The van der Waals surface area contributed by atoms with Crippen molar-refractivity contribution < 1.29 is 14.3 Å². The highest BCUT2D eigenvalue weighted by molar-refractivity contribution is 7.98. The minimum Gasteiger partial charge on any atom is -0.455 e. The maximum Gasteiger partial charge on any atom is 0.287 e. The molecule has 0 bridgehead atoms. The van der Waals surface area contributed by atoms with E-state index in [2.05, 4.69) is 10.3 Å². The standard InChI is InChI=1S/C16H23N3O3S/c1-11(2)13(6-9-20)18-15(21)14-5-4-12(22-14)10-23-16-17-7-8-19(16)3/h4-5,7-8,11,13,20H,6,9-10H2,1-3H3,(H,18,21). The monoisotopic (exact) mass is 337 g/mol. The average Bonchev–Trinajstić information content (AvgIpc) is 3.13. The minimum absolute atomic E-state index is 0.0484. The SMILES string of the molecule is CC(C)C(CCO)NC(=O)c1ccc(CSc2nccn2C)o1. The Labute approximate surface area is 140 Å². The Hall–Kier alpha value is -1.73. The number of carbonyl (C=O) groups excluding carboxylic acids is 1. The van der Waals surface area contributed by atoms with Crippen LogP contribution in [0.4, 0.5) is 0 Å². The molecule has 1 atom stereocenters. The summed E-state index contributed by atoms with van der Waals surface area (Å²) in [5.41, 5.74) is 0. The number of nitrogens with zero attached hydrogens (tertiary/aromatic N) is 2. The molecule has 0 radical (unpaired) electrons. The first-order chi connectivity index (χ1) is 11.0. The number of aryl methyl sites for hydroxylation is 1. The van der Waals surface area contributed by atoms with Crippen molar-refractivity contribution in [2.24, 2.45) is 13.0 Å². The van der Waals surface area contributed by atoms with Crippen LogP contribution in [0.3, 0.4) is 0 Å². The van der Waals surface area contributed by atoms with E-state index in [0.717, 1.165) is 10.9 Å². The zero-order valence-corrected chi connectivity index (χ0v) is 14.5. The lowest BCUT2D eigenvalue weighted by Crippen LogP contribution is -2.39. The lowest BCUT2D eigenvalue weighted by atomic mass is 10.0. The van der Waals surface area contributed by atoms with Gasteiger partial charge in [-0.25, -0.2) is 4.98 Å². The summed E-state index contributed by atoms with van der Waals surface area (Å²) < 4.78 is 7.54. The molecule has 0 aliphatic heterocycles. The van der Waals surface area contributed by atoms with E-state index in [0.29, 0.717) is 17.9 Å². The van der Waals surface area contributed by atoms with Crippen molar-refractivity contribution in [2.45, 2.75) is 37.2 Å². The van der Waals surface area contributed by atoms with Crippen LogP contribution >= 0.6 is 11.8 Å². The van der Waals surface area contributed by atoms with Crippen LogP contribution in [0.2, 0.25) is 0 Å². The van der Waals surface area contributed by atoms with E-state index in [4.69, 9.17) is 9.52 Å². The van der Waals surface area contributed by atoms with Crippen LogP contribution in [0.1, 0.15) is 36.6 Å². The summed E-state index contributed by atoms with van der Waals surface area (Å²) in [4.78, 5) is 16.5. The second-order valence-electron chi connectivity index (χ2n) is 5.71. The highest BCUT2D eigenvalue weighted by Crippen LogP contribution is 2.22. The Morgan fingerprint density at radius 1 is 1.48 bits per heavy atom. The lowest BCUT2D eigenvalue weighted by molar-refractivity contribution is 0.0887. The number of aromatic nitrogens is 2. The van der Waals surface area contributed by atoms with Gasteiger partial charge in [-0.3, -0.25) is 4.79 Å². The molecule has 2 aromatic heterocycles. The van der Waals surface area contributed by atoms with Gasteiger partial charge in [-0.05, 0) is 24.5 Å². The van der Waals surface area contributed by atoms with Gasteiger partial charge in [-0.2, -0.15) is 0 Å². The summed E-state index contributed by atoms with van der Waals surface area (Å²) in [7, 11) is 1.93. The Kier molecular flexibility index (Phi) is 6.29. The summed E-state index contributed by atoms with van der Waals surface area (Å²) in [6.07, 6.45) is 4.17. The summed E-state index contributed by atoms with van der Waals surface area (Å²) in [5, 5.41) is 12.9. The van der Waals surface area contributed by atoms with Crippen molar-refractivity contribution in [1.29, 1.82) is 0 Å². The maximum atomic E-state index is 12.2. The van der Waals surface area contributed by atoms with Gasteiger partial charge in [0.1, 0.15) is 5.76 Å². The molecule has 0 saturated heterocycles. The molecular formula is C16H23N3O3S. The first-order valence-electron chi connectivity index (χ1n) is 7.61. The Bertz CT molecular complexity index is 636. The second-order valence-corrected chi connectivity index (χ2v) is 6.65. The zero-order chi connectivity index (χ0) is 16.8. The van der Waals surface area contributed by atoms with Crippen molar-refractivity contribution in [3.8, 4) is 0 Å².